The number of hydrogen-bond donors (Lipinski definition) is 2. The van der Waals surface area contributed by atoms with E-state index in [1.165, 1.54) is 16.8 Å². The minimum absolute atomic E-state index is 0.200. The first-order chi connectivity index (χ1) is 14.5. The molecule has 0 radical (unpaired) electrons. The van der Waals surface area contributed by atoms with Gasteiger partial charge in [0.1, 0.15) is 23.3 Å². The summed E-state index contributed by atoms with van der Waals surface area (Å²) in [6.45, 7) is 0.230. The molecule has 2 N–H and O–H groups in total. The van der Waals surface area contributed by atoms with E-state index >= 15 is 0 Å². The zero-order valence-electron chi connectivity index (χ0n) is 15.6. The second-order valence-corrected chi connectivity index (χ2v) is 7.19. The molecule has 0 amide bonds. The van der Waals surface area contributed by atoms with Gasteiger partial charge in [0.2, 0.25) is 0 Å². The van der Waals surface area contributed by atoms with Crippen molar-refractivity contribution in [3.8, 4) is 0 Å². The smallest absolute Gasteiger partial charge is 0.275 e. The van der Waals surface area contributed by atoms with Crippen molar-refractivity contribution in [3.05, 3.63) is 88.5 Å². The highest BCUT2D eigenvalue weighted by Crippen LogP contribution is 2.27. The van der Waals surface area contributed by atoms with Crippen molar-refractivity contribution in [2.75, 3.05) is 0 Å². The number of Topliss-reactive ketones (excluding diaryl/α,β-unsaturated/α-hetero) is 1. The number of imidazole rings is 1. The van der Waals surface area contributed by atoms with Gasteiger partial charge in [-0.05, 0) is 30.4 Å². The predicted molar refractivity (Wildman–Crippen MR) is 109 cm³/mol. The average molecular weight is 406 g/mol. The van der Waals surface area contributed by atoms with Gasteiger partial charge in [0.25, 0.3) is 5.56 Å². The molecule has 3 aromatic heterocycles. The predicted octanol–water partition coefficient (Wildman–Crippen LogP) is 3.81. The number of aromatic amines is 2. The third kappa shape index (κ3) is 2.97. The molecule has 0 aliphatic heterocycles. The third-order valence-electron chi connectivity index (χ3n) is 5.27. The summed E-state index contributed by atoms with van der Waals surface area (Å²) in [6.07, 6.45) is 4.29. The molecular formula is C22H16F2N4O2. The Labute approximate surface area is 168 Å². The summed E-state index contributed by atoms with van der Waals surface area (Å²) in [5.74, 6) is -1.72. The van der Waals surface area contributed by atoms with E-state index in [9.17, 15) is 18.4 Å². The summed E-state index contributed by atoms with van der Waals surface area (Å²) in [7, 11) is 0. The van der Waals surface area contributed by atoms with Gasteiger partial charge in [-0.15, -0.1) is 0 Å². The van der Waals surface area contributed by atoms with Crippen molar-refractivity contribution < 1.29 is 13.6 Å². The lowest BCUT2D eigenvalue weighted by Gasteiger charge is -2.16. The van der Waals surface area contributed by atoms with Gasteiger partial charge in [-0.25, -0.2) is 13.8 Å². The molecule has 5 rings (SSSR count). The largest absolute Gasteiger partial charge is 0.356 e. The first kappa shape index (κ1) is 18.2. The van der Waals surface area contributed by atoms with Crippen molar-refractivity contribution in [3.63, 3.8) is 0 Å². The summed E-state index contributed by atoms with van der Waals surface area (Å²) >= 11 is 0. The Morgan fingerprint density at radius 1 is 1.23 bits per heavy atom. The number of carbonyl (C=O) groups excluding carboxylic acids is 1. The number of alkyl halides is 1. The van der Waals surface area contributed by atoms with E-state index in [0.29, 0.717) is 11.2 Å². The Bertz CT molecular complexity index is 1380. The van der Waals surface area contributed by atoms with Gasteiger partial charge in [-0.1, -0.05) is 18.2 Å². The van der Waals surface area contributed by atoms with Crippen LogP contribution in [-0.2, 0) is 6.54 Å². The summed E-state index contributed by atoms with van der Waals surface area (Å²) < 4.78 is 28.8. The number of benzene rings is 1. The third-order valence-corrected chi connectivity index (χ3v) is 5.27. The lowest BCUT2D eigenvalue weighted by Crippen LogP contribution is -2.24. The van der Waals surface area contributed by atoms with Crippen LogP contribution in [0.5, 0.6) is 0 Å². The van der Waals surface area contributed by atoms with Crippen molar-refractivity contribution in [1.82, 2.24) is 19.5 Å². The van der Waals surface area contributed by atoms with Crippen LogP contribution in [0.2, 0.25) is 0 Å². The van der Waals surface area contributed by atoms with Crippen LogP contribution in [-0.4, -0.2) is 31.5 Å². The zero-order chi connectivity index (χ0) is 20.8. The van der Waals surface area contributed by atoms with Crippen LogP contribution in [0.1, 0.15) is 16.2 Å². The van der Waals surface area contributed by atoms with E-state index in [1.807, 2.05) is 24.3 Å². The highest BCUT2D eigenvalue weighted by Gasteiger charge is 2.30. The summed E-state index contributed by atoms with van der Waals surface area (Å²) in [5.41, 5.74) is 1.80. The van der Waals surface area contributed by atoms with Crippen LogP contribution in [0.4, 0.5) is 8.78 Å². The highest BCUT2D eigenvalue weighted by atomic mass is 19.1. The Balaban J connectivity index is 1.48. The van der Waals surface area contributed by atoms with Gasteiger partial charge in [0.05, 0.1) is 23.5 Å². The number of rotatable bonds is 4. The van der Waals surface area contributed by atoms with Crippen molar-refractivity contribution in [1.29, 1.82) is 0 Å². The van der Waals surface area contributed by atoms with E-state index < -0.39 is 23.7 Å². The second kappa shape index (κ2) is 6.91. The quantitative estimate of drug-likeness (QED) is 0.506. The number of aromatic nitrogens is 4. The van der Waals surface area contributed by atoms with Crippen molar-refractivity contribution in [2.24, 2.45) is 5.92 Å². The minimum Gasteiger partial charge on any atom is -0.356 e. The topological polar surface area (TPSA) is 83.5 Å². The van der Waals surface area contributed by atoms with E-state index in [-0.39, 0.29) is 23.2 Å². The van der Waals surface area contributed by atoms with Gasteiger partial charge >= 0.3 is 0 Å². The van der Waals surface area contributed by atoms with E-state index in [0.717, 1.165) is 23.2 Å². The molecule has 0 saturated heterocycles. The molecular weight excluding hydrogens is 390 g/mol. The Hall–Kier alpha value is -3.81. The maximum absolute atomic E-state index is 14.1. The first-order valence-corrected chi connectivity index (χ1v) is 9.39. The molecule has 6 nitrogen and oxygen atoms in total. The van der Waals surface area contributed by atoms with Crippen molar-refractivity contribution in [2.45, 2.75) is 12.7 Å². The summed E-state index contributed by atoms with van der Waals surface area (Å²) in [6, 6.07) is 9.20. The number of nitrogens with zero attached hydrogens (tertiary/aromatic N) is 2. The molecule has 1 aliphatic carbocycles. The fourth-order valence-corrected chi connectivity index (χ4v) is 3.76. The molecule has 8 heteroatoms. The first-order valence-electron chi connectivity index (χ1n) is 9.39. The van der Waals surface area contributed by atoms with Crippen LogP contribution in [0.3, 0.4) is 0 Å². The number of ketones is 1. The van der Waals surface area contributed by atoms with E-state index in [2.05, 4.69) is 15.0 Å². The molecule has 4 aromatic rings. The Morgan fingerprint density at radius 2 is 2.07 bits per heavy atom. The van der Waals surface area contributed by atoms with Crippen molar-refractivity contribution >= 4 is 27.7 Å². The van der Waals surface area contributed by atoms with Gasteiger partial charge in [-0.3, -0.25) is 9.59 Å². The van der Waals surface area contributed by atoms with Crippen LogP contribution in [0, 0.1) is 5.92 Å². The molecule has 0 fully saturated rings. The number of hydrogen-bond acceptors (Lipinski definition) is 3. The fraction of sp³-hybridized carbons (Fsp3) is 0.136. The van der Waals surface area contributed by atoms with Crippen LogP contribution in [0.25, 0.3) is 21.9 Å². The number of carbonyl (C=O) groups is 1. The Kier molecular flexibility index (Phi) is 4.20. The van der Waals surface area contributed by atoms with Gasteiger partial charge in [-0.2, -0.15) is 0 Å². The molecule has 3 heterocycles. The van der Waals surface area contributed by atoms with Gasteiger partial charge in [0.15, 0.2) is 5.78 Å². The molecule has 2 atom stereocenters. The van der Waals surface area contributed by atoms with E-state index in [4.69, 9.17) is 0 Å². The number of nitrogens with one attached hydrogen (secondary N) is 2. The number of allylic oxidation sites excluding steroid dienone is 4. The highest BCUT2D eigenvalue weighted by molar-refractivity contribution is 6.09. The number of H-pyrrole nitrogens is 2. The standard InChI is InChI=1S/C22H16F2N4O2/c23-12-5-6-14(16(24)9-12)21(29)15-10-25-20-13(15)7-8-28(22(20)30)11-19-26-17-3-1-2-4-18(17)27-19/h1-10,14,16,25H,11H2,(H,26,27). The van der Waals surface area contributed by atoms with Crippen LogP contribution >= 0.6 is 0 Å². The van der Waals surface area contributed by atoms with Crippen LogP contribution in [0.15, 0.2) is 71.6 Å². The van der Waals surface area contributed by atoms with Gasteiger partial charge in [0, 0.05) is 23.3 Å². The summed E-state index contributed by atoms with van der Waals surface area (Å²) in [5, 5.41) is 0.404. The number of para-hydroxylation sites is 2. The number of pyridine rings is 1. The monoisotopic (exact) mass is 406 g/mol. The average Bonchev–Trinajstić information content (AvgIpc) is 3.33. The molecule has 0 bridgehead atoms. The van der Waals surface area contributed by atoms with E-state index in [1.54, 1.807) is 12.3 Å². The second-order valence-electron chi connectivity index (χ2n) is 7.19. The maximum atomic E-state index is 14.1. The van der Waals surface area contributed by atoms with Gasteiger partial charge < -0.3 is 14.5 Å². The molecule has 1 aromatic carbocycles. The summed E-state index contributed by atoms with van der Waals surface area (Å²) in [4.78, 5) is 36.2. The molecule has 0 spiro atoms. The number of halogens is 2. The SMILES string of the molecule is O=C(c1c[nH]c2c(=O)n(Cc3nc4ccccc4[nH]3)ccc12)C1C=CC(F)=CC1F. The lowest BCUT2D eigenvalue weighted by atomic mass is 9.90. The zero-order valence-corrected chi connectivity index (χ0v) is 15.6. The maximum Gasteiger partial charge on any atom is 0.275 e. The molecule has 150 valence electrons. The fourth-order valence-electron chi connectivity index (χ4n) is 3.76. The van der Waals surface area contributed by atoms with Crippen LogP contribution < -0.4 is 5.56 Å². The Morgan fingerprint density at radius 3 is 2.87 bits per heavy atom. The molecule has 2 unspecified atom stereocenters. The minimum atomic E-state index is -1.75. The molecule has 1 aliphatic rings. The number of fused-ring (bicyclic) bond motifs is 2. The molecule has 30 heavy (non-hydrogen) atoms. The normalized spacial score (nSPS) is 18.8. The lowest BCUT2D eigenvalue weighted by molar-refractivity contribution is 0.0905. The molecule has 0 saturated carbocycles.